The third kappa shape index (κ3) is 4.20. The van der Waals surface area contributed by atoms with Gasteiger partial charge in [0.25, 0.3) is 10.0 Å². The number of carbonyl (C=O) groups excluding carboxylic acids is 1. The Balaban J connectivity index is 2.10. The number of aromatic nitrogens is 2. The van der Waals surface area contributed by atoms with Gasteiger partial charge >= 0.3 is 17.1 Å². The largest absolute Gasteiger partial charge is 0.494 e. The second-order valence-electron chi connectivity index (χ2n) is 6.13. The van der Waals surface area contributed by atoms with E-state index in [1.807, 2.05) is 6.92 Å². The quantitative estimate of drug-likeness (QED) is 0.418. The summed E-state index contributed by atoms with van der Waals surface area (Å²) < 4.78 is 37.5. The van der Waals surface area contributed by atoms with Gasteiger partial charge in [0.2, 0.25) is 0 Å². The highest BCUT2D eigenvalue weighted by Crippen LogP contribution is 2.27. The molecule has 1 aromatic heterocycles. The van der Waals surface area contributed by atoms with Crippen molar-refractivity contribution in [3.63, 3.8) is 0 Å². The molecule has 0 aliphatic heterocycles. The number of rotatable bonds is 7. The Morgan fingerprint density at radius 3 is 2.23 bits per heavy atom. The van der Waals surface area contributed by atoms with E-state index in [-0.39, 0.29) is 21.6 Å². The summed E-state index contributed by atoms with van der Waals surface area (Å²) in [4.78, 5) is 39.4. The van der Waals surface area contributed by atoms with Gasteiger partial charge in [-0.05, 0) is 49.4 Å². The third-order valence-corrected chi connectivity index (χ3v) is 5.99. The number of ether oxygens (including phenoxy) is 2. The van der Waals surface area contributed by atoms with Crippen LogP contribution in [0.3, 0.4) is 0 Å². The molecule has 2 aromatic carbocycles. The standard InChI is InChI=1S/C19H19N3O7S/c1-3-29-13-6-4-12(5-7-13)22(11-17(23)28-2)30(26,27)14-8-9-15-16(10-14)21-19(25)18(24)20-15/h4-10H,3,11H2,1-2H3,(H,20,24)(H,21,25). The van der Waals surface area contributed by atoms with Gasteiger partial charge < -0.3 is 19.4 Å². The van der Waals surface area contributed by atoms with Gasteiger partial charge in [-0.25, -0.2) is 8.42 Å². The van der Waals surface area contributed by atoms with E-state index in [0.29, 0.717) is 12.4 Å². The average molecular weight is 433 g/mol. The first kappa shape index (κ1) is 21.1. The molecular formula is C19H19N3O7S. The highest BCUT2D eigenvalue weighted by atomic mass is 32.2. The van der Waals surface area contributed by atoms with Crippen LogP contribution in [0.1, 0.15) is 6.92 Å². The summed E-state index contributed by atoms with van der Waals surface area (Å²) in [5.41, 5.74) is -1.14. The first-order valence-corrected chi connectivity index (χ1v) is 10.3. The molecule has 3 aromatic rings. The number of nitrogens with zero attached hydrogens (tertiary/aromatic N) is 1. The molecule has 30 heavy (non-hydrogen) atoms. The van der Waals surface area contributed by atoms with Crippen LogP contribution in [0.4, 0.5) is 5.69 Å². The molecule has 0 saturated carbocycles. The van der Waals surface area contributed by atoms with Gasteiger partial charge in [0.1, 0.15) is 12.3 Å². The summed E-state index contributed by atoms with van der Waals surface area (Å²) >= 11 is 0. The van der Waals surface area contributed by atoms with E-state index < -0.39 is 33.7 Å². The maximum Gasteiger partial charge on any atom is 0.326 e. The fraction of sp³-hybridized carbons (Fsp3) is 0.211. The zero-order valence-electron chi connectivity index (χ0n) is 16.2. The number of hydrogen-bond acceptors (Lipinski definition) is 7. The summed E-state index contributed by atoms with van der Waals surface area (Å²) in [7, 11) is -3.07. The van der Waals surface area contributed by atoms with E-state index in [9.17, 15) is 22.8 Å². The Labute approximate surface area is 171 Å². The topological polar surface area (TPSA) is 139 Å². The first-order valence-electron chi connectivity index (χ1n) is 8.85. The number of nitrogens with one attached hydrogen (secondary N) is 2. The fourth-order valence-corrected chi connectivity index (χ4v) is 4.19. The molecule has 0 unspecified atom stereocenters. The van der Waals surface area contributed by atoms with Gasteiger partial charge in [-0.3, -0.25) is 18.7 Å². The number of methoxy groups -OCH3 is 1. The predicted molar refractivity (Wildman–Crippen MR) is 109 cm³/mol. The van der Waals surface area contributed by atoms with Gasteiger partial charge in [0.05, 0.1) is 35.3 Å². The normalized spacial score (nSPS) is 11.3. The summed E-state index contributed by atoms with van der Waals surface area (Å²) in [5, 5.41) is 0. The van der Waals surface area contributed by atoms with Gasteiger partial charge in [-0.1, -0.05) is 0 Å². The smallest absolute Gasteiger partial charge is 0.326 e. The van der Waals surface area contributed by atoms with Crippen molar-refractivity contribution < 1.29 is 22.7 Å². The van der Waals surface area contributed by atoms with Crippen LogP contribution in [0.25, 0.3) is 11.0 Å². The number of sulfonamides is 1. The molecule has 158 valence electrons. The van der Waals surface area contributed by atoms with Crippen molar-refractivity contribution in [2.75, 3.05) is 24.6 Å². The molecule has 0 atom stereocenters. The van der Waals surface area contributed by atoms with Crippen molar-refractivity contribution in [2.24, 2.45) is 0 Å². The molecule has 0 radical (unpaired) electrons. The van der Waals surface area contributed by atoms with Gasteiger partial charge in [0, 0.05) is 0 Å². The maximum absolute atomic E-state index is 13.3. The van der Waals surface area contributed by atoms with Crippen LogP contribution >= 0.6 is 0 Å². The van der Waals surface area contributed by atoms with E-state index in [1.54, 1.807) is 12.1 Å². The summed E-state index contributed by atoms with van der Waals surface area (Å²) in [5.74, 6) is -0.213. The molecule has 0 amide bonds. The van der Waals surface area contributed by atoms with Crippen molar-refractivity contribution in [1.29, 1.82) is 0 Å². The Morgan fingerprint density at radius 2 is 1.63 bits per heavy atom. The number of esters is 1. The lowest BCUT2D eigenvalue weighted by molar-refractivity contribution is -0.138. The summed E-state index contributed by atoms with van der Waals surface area (Å²) in [6, 6.07) is 10.0. The third-order valence-electron chi connectivity index (χ3n) is 4.22. The van der Waals surface area contributed by atoms with Crippen LogP contribution in [0, 0.1) is 0 Å². The molecule has 0 spiro atoms. The Morgan fingerprint density at radius 1 is 1.00 bits per heavy atom. The lowest BCUT2D eigenvalue weighted by Crippen LogP contribution is -2.36. The molecule has 0 saturated heterocycles. The maximum atomic E-state index is 13.3. The molecule has 1 heterocycles. The van der Waals surface area contributed by atoms with Crippen LogP contribution in [-0.4, -0.2) is 44.6 Å². The zero-order chi connectivity index (χ0) is 21.9. The SMILES string of the molecule is CCOc1ccc(N(CC(=O)OC)S(=O)(=O)c2ccc3[nH]c(=O)c(=O)[nH]c3c2)cc1. The minimum Gasteiger partial charge on any atom is -0.494 e. The minimum absolute atomic E-state index is 0.130. The number of carbonyl (C=O) groups is 1. The van der Waals surface area contributed by atoms with E-state index in [1.165, 1.54) is 30.3 Å². The van der Waals surface area contributed by atoms with E-state index in [0.717, 1.165) is 11.4 Å². The van der Waals surface area contributed by atoms with Gasteiger partial charge in [0.15, 0.2) is 0 Å². The molecule has 3 rings (SSSR count). The second kappa shape index (κ2) is 8.41. The van der Waals surface area contributed by atoms with Crippen molar-refractivity contribution >= 4 is 32.7 Å². The highest BCUT2D eigenvalue weighted by Gasteiger charge is 2.28. The van der Waals surface area contributed by atoms with Crippen LogP contribution in [-0.2, 0) is 19.6 Å². The van der Waals surface area contributed by atoms with Crippen LogP contribution < -0.4 is 20.2 Å². The van der Waals surface area contributed by atoms with E-state index >= 15 is 0 Å². The van der Waals surface area contributed by atoms with Crippen molar-refractivity contribution in [3.05, 3.63) is 63.2 Å². The molecule has 0 fully saturated rings. The van der Waals surface area contributed by atoms with Crippen molar-refractivity contribution in [2.45, 2.75) is 11.8 Å². The van der Waals surface area contributed by atoms with Crippen molar-refractivity contribution in [3.8, 4) is 5.75 Å². The lowest BCUT2D eigenvalue weighted by atomic mass is 10.3. The number of fused-ring (bicyclic) bond motifs is 1. The van der Waals surface area contributed by atoms with Crippen molar-refractivity contribution in [1.82, 2.24) is 9.97 Å². The monoisotopic (exact) mass is 433 g/mol. The number of aromatic amines is 2. The number of hydrogen-bond donors (Lipinski definition) is 2. The molecule has 2 N–H and O–H groups in total. The Bertz CT molecular complexity index is 1290. The minimum atomic E-state index is -4.22. The number of benzene rings is 2. The fourth-order valence-electron chi connectivity index (χ4n) is 2.75. The molecule has 0 aliphatic carbocycles. The predicted octanol–water partition coefficient (Wildman–Crippen LogP) is 0.983. The van der Waals surface area contributed by atoms with E-state index in [2.05, 4.69) is 14.7 Å². The van der Waals surface area contributed by atoms with Crippen LogP contribution in [0.15, 0.2) is 56.9 Å². The Hall–Kier alpha value is -3.60. The highest BCUT2D eigenvalue weighted by molar-refractivity contribution is 7.92. The zero-order valence-corrected chi connectivity index (χ0v) is 17.0. The van der Waals surface area contributed by atoms with Gasteiger partial charge in [-0.15, -0.1) is 0 Å². The molecule has 0 aliphatic rings. The average Bonchev–Trinajstić information content (AvgIpc) is 2.73. The molecular weight excluding hydrogens is 414 g/mol. The van der Waals surface area contributed by atoms with Crippen LogP contribution in [0.5, 0.6) is 5.75 Å². The van der Waals surface area contributed by atoms with Gasteiger partial charge in [-0.2, -0.15) is 0 Å². The second-order valence-corrected chi connectivity index (χ2v) is 7.99. The first-order chi connectivity index (χ1) is 14.3. The Kier molecular flexibility index (Phi) is 5.92. The van der Waals surface area contributed by atoms with Crippen LogP contribution in [0.2, 0.25) is 0 Å². The van der Waals surface area contributed by atoms with E-state index in [4.69, 9.17) is 4.74 Å². The number of H-pyrrole nitrogens is 2. The molecule has 11 heteroatoms. The summed E-state index contributed by atoms with van der Waals surface area (Å²) in [6.07, 6.45) is 0. The lowest BCUT2D eigenvalue weighted by Gasteiger charge is -2.23. The number of anilines is 1. The molecule has 0 bridgehead atoms. The molecule has 10 nitrogen and oxygen atoms in total. The summed E-state index contributed by atoms with van der Waals surface area (Å²) in [6.45, 7) is 1.70.